The molecule has 2 aliphatic heterocycles. The lowest BCUT2D eigenvalue weighted by Crippen LogP contribution is -2.60. The van der Waals surface area contributed by atoms with Crippen LogP contribution in [0.4, 0.5) is 17.1 Å². The minimum atomic E-state index is 0.0755. The second-order valence-electron chi connectivity index (χ2n) is 14.1. The van der Waals surface area contributed by atoms with Gasteiger partial charge < -0.3 is 14.0 Å². The number of rotatable bonds is 3. The molecule has 0 bridgehead atoms. The zero-order valence-corrected chi connectivity index (χ0v) is 28.2. The van der Waals surface area contributed by atoms with Crippen LogP contribution in [0.2, 0.25) is 0 Å². The van der Waals surface area contributed by atoms with Gasteiger partial charge in [0.2, 0.25) is 0 Å². The Balaban J connectivity index is 1.30. The molecule has 3 nitrogen and oxygen atoms in total. The predicted molar refractivity (Wildman–Crippen MR) is 220 cm³/mol. The van der Waals surface area contributed by atoms with E-state index in [1.54, 1.807) is 0 Å². The first-order valence-electron chi connectivity index (χ1n) is 18.1. The largest absolute Gasteiger partial charge is 0.311 e. The van der Waals surface area contributed by atoms with Crippen molar-refractivity contribution in [3.63, 3.8) is 0 Å². The highest BCUT2D eigenvalue weighted by Crippen LogP contribution is 2.45. The second kappa shape index (κ2) is 10.4. The number of anilines is 3. The van der Waals surface area contributed by atoms with E-state index < -0.39 is 0 Å². The van der Waals surface area contributed by atoms with Gasteiger partial charge in [-0.15, -0.1) is 0 Å². The summed E-state index contributed by atoms with van der Waals surface area (Å²) in [6.45, 7) is 0.0755. The lowest BCUT2D eigenvalue weighted by molar-refractivity contribution is 1.17. The molecule has 0 fully saturated rings. The van der Waals surface area contributed by atoms with E-state index in [-0.39, 0.29) is 6.71 Å². The van der Waals surface area contributed by atoms with E-state index in [0.29, 0.717) is 0 Å². The molecule has 2 aliphatic rings. The molecule has 0 aliphatic carbocycles. The smallest absolute Gasteiger partial charge is 0.252 e. The monoisotopic (exact) mass is 659 g/mol. The summed E-state index contributed by atoms with van der Waals surface area (Å²) in [6.07, 6.45) is 0. The fourth-order valence-corrected chi connectivity index (χ4v) is 9.45. The molecule has 10 aromatic rings. The molecule has 12 rings (SSSR count). The van der Waals surface area contributed by atoms with Crippen LogP contribution in [0.25, 0.3) is 66.1 Å². The van der Waals surface area contributed by atoms with Gasteiger partial charge in [-0.3, -0.25) is 0 Å². The maximum atomic E-state index is 2.62. The lowest BCUT2D eigenvalue weighted by atomic mass is 9.33. The van der Waals surface area contributed by atoms with Crippen molar-refractivity contribution >= 4 is 83.8 Å². The van der Waals surface area contributed by atoms with Gasteiger partial charge in [-0.25, -0.2) is 0 Å². The average molecular weight is 660 g/mol. The minimum absolute atomic E-state index is 0.0755. The van der Waals surface area contributed by atoms with Crippen molar-refractivity contribution < 1.29 is 0 Å². The SMILES string of the molecule is c1ccc(-c2cc3c4c(c2)c2ccc5c(c6ccccc6n5-c5ccccc5)c2n4-c2cccc4c2B3c2ccccc2N4c2ccccc2)cc1. The first-order chi connectivity index (χ1) is 25.8. The number of benzene rings is 8. The van der Waals surface area contributed by atoms with Crippen LogP contribution in [-0.4, -0.2) is 15.8 Å². The molecular formula is C48H30BN3. The average Bonchev–Trinajstić information content (AvgIpc) is 3.73. The Labute approximate surface area is 301 Å². The molecule has 0 saturated heterocycles. The lowest BCUT2D eigenvalue weighted by Gasteiger charge is -2.40. The third-order valence-corrected chi connectivity index (χ3v) is 11.5. The van der Waals surface area contributed by atoms with Gasteiger partial charge in [0.1, 0.15) is 0 Å². The molecule has 4 heteroatoms. The number of aromatic nitrogens is 2. The molecule has 0 radical (unpaired) electrons. The summed E-state index contributed by atoms with van der Waals surface area (Å²) < 4.78 is 5.05. The summed E-state index contributed by atoms with van der Waals surface area (Å²) >= 11 is 0. The highest BCUT2D eigenvalue weighted by atomic mass is 15.2. The molecule has 0 amide bonds. The van der Waals surface area contributed by atoms with Crippen molar-refractivity contribution in [3.8, 4) is 22.5 Å². The normalized spacial score (nSPS) is 12.9. The van der Waals surface area contributed by atoms with E-state index in [2.05, 4.69) is 196 Å². The van der Waals surface area contributed by atoms with Crippen LogP contribution in [0.5, 0.6) is 0 Å². The van der Waals surface area contributed by atoms with Crippen LogP contribution in [0.3, 0.4) is 0 Å². The number of hydrogen-bond donors (Lipinski definition) is 0. The maximum Gasteiger partial charge on any atom is 0.252 e. The molecule has 52 heavy (non-hydrogen) atoms. The molecule has 0 saturated carbocycles. The summed E-state index contributed by atoms with van der Waals surface area (Å²) in [7, 11) is 0. The summed E-state index contributed by atoms with van der Waals surface area (Å²) in [4.78, 5) is 2.47. The summed E-state index contributed by atoms with van der Waals surface area (Å²) in [5.74, 6) is 0. The van der Waals surface area contributed by atoms with Crippen molar-refractivity contribution in [1.29, 1.82) is 0 Å². The van der Waals surface area contributed by atoms with E-state index >= 15 is 0 Å². The molecule has 8 aromatic carbocycles. The van der Waals surface area contributed by atoms with E-state index in [0.717, 1.165) is 0 Å². The molecule has 0 unspecified atom stereocenters. The van der Waals surface area contributed by atoms with Crippen LogP contribution in [0.15, 0.2) is 182 Å². The number of fused-ring (bicyclic) bond motifs is 11. The number of hydrogen-bond acceptors (Lipinski definition) is 1. The quantitative estimate of drug-likeness (QED) is 0.172. The fraction of sp³-hybridized carbons (Fsp3) is 0. The van der Waals surface area contributed by atoms with Crippen molar-refractivity contribution in [2.75, 3.05) is 4.90 Å². The molecule has 240 valence electrons. The van der Waals surface area contributed by atoms with Crippen LogP contribution >= 0.6 is 0 Å². The summed E-state index contributed by atoms with van der Waals surface area (Å²) in [6, 6.07) is 67.0. The fourth-order valence-electron chi connectivity index (χ4n) is 9.45. The Morgan fingerprint density at radius 1 is 0.365 bits per heavy atom. The van der Waals surface area contributed by atoms with Crippen LogP contribution in [0, 0.1) is 0 Å². The first kappa shape index (κ1) is 28.0. The second-order valence-corrected chi connectivity index (χ2v) is 14.1. The van der Waals surface area contributed by atoms with Gasteiger partial charge in [0.25, 0.3) is 6.71 Å². The predicted octanol–water partition coefficient (Wildman–Crippen LogP) is 10.2. The van der Waals surface area contributed by atoms with Gasteiger partial charge in [-0.2, -0.15) is 0 Å². The van der Waals surface area contributed by atoms with Gasteiger partial charge in [0.15, 0.2) is 0 Å². The zero-order chi connectivity index (χ0) is 33.9. The third-order valence-electron chi connectivity index (χ3n) is 11.5. The van der Waals surface area contributed by atoms with Crippen molar-refractivity contribution in [2.24, 2.45) is 0 Å². The standard InChI is InChI=1S/C48H30BN3/c1-4-15-31(16-5-1)32-29-37-35-27-28-42-45(36-21-10-12-23-40(36)50(42)33-17-6-2-7-18-33)48(35)52-44-26-14-25-43-46(44)49(39(30-32)47(37)52)38-22-11-13-24-41(38)51(43)34-19-8-3-9-20-34/h1-30H. The van der Waals surface area contributed by atoms with E-state index in [4.69, 9.17) is 0 Å². The Bertz CT molecular complexity index is 3070. The highest BCUT2D eigenvalue weighted by molar-refractivity contribution is 7.00. The summed E-state index contributed by atoms with van der Waals surface area (Å²) in [5.41, 5.74) is 17.6. The maximum absolute atomic E-state index is 2.62. The number of nitrogens with zero attached hydrogens (tertiary/aromatic N) is 3. The molecular weight excluding hydrogens is 629 g/mol. The van der Waals surface area contributed by atoms with Crippen molar-refractivity contribution in [1.82, 2.24) is 9.13 Å². The van der Waals surface area contributed by atoms with E-state index in [1.165, 1.54) is 99.6 Å². The van der Waals surface area contributed by atoms with Crippen molar-refractivity contribution in [2.45, 2.75) is 0 Å². The topological polar surface area (TPSA) is 13.1 Å². The third kappa shape index (κ3) is 3.60. The first-order valence-corrected chi connectivity index (χ1v) is 18.1. The van der Waals surface area contributed by atoms with Crippen molar-refractivity contribution in [3.05, 3.63) is 182 Å². The Morgan fingerprint density at radius 3 is 1.87 bits per heavy atom. The molecule has 0 spiro atoms. The van der Waals surface area contributed by atoms with Crippen LogP contribution < -0.4 is 21.3 Å². The molecule has 0 N–H and O–H groups in total. The van der Waals surface area contributed by atoms with E-state index in [1.807, 2.05) is 0 Å². The molecule has 2 aromatic heterocycles. The molecule has 0 atom stereocenters. The Hall–Kier alpha value is -6.78. The van der Waals surface area contributed by atoms with Gasteiger partial charge in [-0.1, -0.05) is 121 Å². The van der Waals surface area contributed by atoms with Gasteiger partial charge in [-0.05, 0) is 88.2 Å². The number of para-hydroxylation sites is 4. The minimum Gasteiger partial charge on any atom is -0.311 e. The Kier molecular flexibility index (Phi) is 5.58. The van der Waals surface area contributed by atoms with Crippen LogP contribution in [-0.2, 0) is 0 Å². The van der Waals surface area contributed by atoms with Gasteiger partial charge in [0, 0.05) is 55.5 Å². The summed E-state index contributed by atoms with van der Waals surface area (Å²) in [5, 5.41) is 5.12. The zero-order valence-electron chi connectivity index (χ0n) is 28.2. The highest BCUT2D eigenvalue weighted by Gasteiger charge is 2.42. The van der Waals surface area contributed by atoms with E-state index in [9.17, 15) is 0 Å². The Morgan fingerprint density at radius 2 is 1.04 bits per heavy atom. The van der Waals surface area contributed by atoms with Crippen LogP contribution in [0.1, 0.15) is 0 Å². The van der Waals surface area contributed by atoms with Gasteiger partial charge in [0.05, 0.1) is 16.6 Å². The van der Waals surface area contributed by atoms with Gasteiger partial charge >= 0.3 is 0 Å². The molecule has 4 heterocycles.